The minimum Gasteiger partial charge on any atom is -0.374 e. The number of unbranched alkanes of at least 4 members (excludes halogenated alkanes) is 9. The number of ketones is 1. The molecule has 0 aromatic carbocycles. The fourth-order valence-corrected chi connectivity index (χ4v) is 3.83. The Labute approximate surface area is 193 Å². The van der Waals surface area contributed by atoms with Gasteiger partial charge in [-0.15, -0.1) is 0 Å². The van der Waals surface area contributed by atoms with E-state index in [9.17, 15) is 9.59 Å². The minimum absolute atomic E-state index is 0.136. The van der Waals surface area contributed by atoms with Crippen molar-refractivity contribution in [3.8, 4) is 0 Å². The van der Waals surface area contributed by atoms with Gasteiger partial charge in [0.1, 0.15) is 6.61 Å². The average molecular weight is 440 g/mol. The number of carbonyl (C=O) groups is 2. The third kappa shape index (κ3) is 15.5. The van der Waals surface area contributed by atoms with Crippen LogP contribution in [0.3, 0.4) is 0 Å². The summed E-state index contributed by atoms with van der Waals surface area (Å²) in [6, 6.07) is 0. The van der Waals surface area contributed by atoms with Gasteiger partial charge in [0.15, 0.2) is 5.78 Å². The van der Waals surface area contributed by atoms with Gasteiger partial charge in [0.2, 0.25) is 5.91 Å². The van der Waals surface area contributed by atoms with Crippen LogP contribution in [0.5, 0.6) is 0 Å². The zero-order chi connectivity index (χ0) is 23.4. The fraction of sp³-hybridized carbons (Fsp3) is 0.926. The maximum atomic E-state index is 12.6. The van der Waals surface area contributed by atoms with E-state index < -0.39 is 0 Å². The molecule has 0 aliphatic rings. The SMILES string of the molecule is CCCCCCC(C)(CC)C(=O)NCCCCCCCCOCC(=O)C(C)CCCC. The van der Waals surface area contributed by atoms with Gasteiger partial charge in [0, 0.05) is 24.5 Å². The van der Waals surface area contributed by atoms with E-state index in [4.69, 9.17) is 4.74 Å². The van der Waals surface area contributed by atoms with Crippen molar-refractivity contribution in [1.29, 1.82) is 0 Å². The van der Waals surface area contributed by atoms with Gasteiger partial charge in [0.05, 0.1) is 0 Å². The van der Waals surface area contributed by atoms with Gasteiger partial charge in [0.25, 0.3) is 0 Å². The van der Waals surface area contributed by atoms with Crippen LogP contribution in [-0.2, 0) is 14.3 Å². The van der Waals surface area contributed by atoms with E-state index >= 15 is 0 Å². The van der Waals surface area contributed by atoms with Crippen LogP contribution in [0.1, 0.15) is 131 Å². The van der Waals surface area contributed by atoms with Crippen molar-refractivity contribution in [2.24, 2.45) is 11.3 Å². The lowest BCUT2D eigenvalue weighted by molar-refractivity contribution is -0.131. The van der Waals surface area contributed by atoms with E-state index in [-0.39, 0.29) is 29.6 Å². The molecule has 184 valence electrons. The summed E-state index contributed by atoms with van der Waals surface area (Å²) >= 11 is 0. The first kappa shape index (κ1) is 30.1. The molecule has 0 spiro atoms. The molecule has 4 nitrogen and oxygen atoms in total. The van der Waals surface area contributed by atoms with Gasteiger partial charge in [-0.1, -0.05) is 98.8 Å². The Kier molecular flexibility index (Phi) is 19.2. The van der Waals surface area contributed by atoms with Crippen molar-refractivity contribution in [3.63, 3.8) is 0 Å². The maximum absolute atomic E-state index is 12.6. The predicted molar refractivity (Wildman–Crippen MR) is 132 cm³/mol. The molecule has 4 heteroatoms. The van der Waals surface area contributed by atoms with Gasteiger partial charge in [-0.2, -0.15) is 0 Å². The molecule has 1 amide bonds. The molecule has 0 saturated carbocycles. The molecule has 0 saturated heterocycles. The molecule has 0 aromatic heterocycles. The highest BCUT2D eigenvalue weighted by Crippen LogP contribution is 2.29. The van der Waals surface area contributed by atoms with E-state index in [1.807, 2.05) is 6.92 Å². The molecule has 0 rings (SSSR count). The highest BCUT2D eigenvalue weighted by molar-refractivity contribution is 5.82. The standard InChI is InChI=1S/C27H53NO3/c1-6-9-11-16-20-27(5,8-3)26(30)28-21-17-14-12-13-15-18-22-31-23-25(29)24(4)19-10-7-2/h24H,6-23H2,1-5H3,(H,28,30). The monoisotopic (exact) mass is 439 g/mol. The highest BCUT2D eigenvalue weighted by Gasteiger charge is 2.30. The van der Waals surface area contributed by atoms with Crippen molar-refractivity contribution in [2.75, 3.05) is 19.8 Å². The molecule has 0 bridgehead atoms. The molecular weight excluding hydrogens is 386 g/mol. The van der Waals surface area contributed by atoms with Crippen LogP contribution in [0, 0.1) is 11.3 Å². The van der Waals surface area contributed by atoms with Gasteiger partial charge in [-0.3, -0.25) is 9.59 Å². The lowest BCUT2D eigenvalue weighted by atomic mass is 9.81. The van der Waals surface area contributed by atoms with Crippen molar-refractivity contribution in [1.82, 2.24) is 5.32 Å². The summed E-state index contributed by atoms with van der Waals surface area (Å²) in [5.41, 5.74) is -0.205. The summed E-state index contributed by atoms with van der Waals surface area (Å²) in [7, 11) is 0. The van der Waals surface area contributed by atoms with E-state index in [0.29, 0.717) is 6.61 Å². The van der Waals surface area contributed by atoms with Gasteiger partial charge in [-0.05, 0) is 32.1 Å². The topological polar surface area (TPSA) is 55.4 Å². The number of hydrogen-bond acceptors (Lipinski definition) is 3. The van der Waals surface area contributed by atoms with Crippen molar-refractivity contribution >= 4 is 11.7 Å². The number of amides is 1. The molecule has 0 heterocycles. The molecule has 0 aliphatic carbocycles. The molecule has 0 fully saturated rings. The molecule has 2 atom stereocenters. The van der Waals surface area contributed by atoms with Crippen LogP contribution >= 0.6 is 0 Å². The Morgan fingerprint density at radius 1 is 0.839 bits per heavy atom. The summed E-state index contributed by atoms with van der Waals surface area (Å²) in [4.78, 5) is 24.5. The number of nitrogens with one attached hydrogen (secondary N) is 1. The second kappa shape index (κ2) is 19.8. The minimum atomic E-state index is -0.205. The largest absolute Gasteiger partial charge is 0.374 e. The van der Waals surface area contributed by atoms with E-state index in [2.05, 4.69) is 33.0 Å². The highest BCUT2D eigenvalue weighted by atomic mass is 16.5. The van der Waals surface area contributed by atoms with Crippen LogP contribution in [0.25, 0.3) is 0 Å². The zero-order valence-corrected chi connectivity index (χ0v) is 21.5. The third-order valence-corrected chi connectivity index (χ3v) is 6.70. The predicted octanol–water partition coefficient (Wildman–Crippen LogP) is 7.24. The fourth-order valence-electron chi connectivity index (χ4n) is 3.83. The van der Waals surface area contributed by atoms with Gasteiger partial charge in [-0.25, -0.2) is 0 Å². The number of ether oxygens (including phenoxy) is 1. The summed E-state index contributed by atoms with van der Waals surface area (Å²) in [5, 5.41) is 3.18. The lowest BCUT2D eigenvalue weighted by Crippen LogP contribution is -2.39. The van der Waals surface area contributed by atoms with E-state index in [1.165, 1.54) is 32.1 Å². The number of Topliss-reactive ketones (excluding diaryl/α,β-unsaturated/α-hetero) is 1. The molecule has 31 heavy (non-hydrogen) atoms. The summed E-state index contributed by atoms with van der Waals surface area (Å²) in [6.45, 7) is 12.4. The Bertz CT molecular complexity index is 452. The van der Waals surface area contributed by atoms with Gasteiger partial charge >= 0.3 is 0 Å². The Morgan fingerprint density at radius 3 is 2.10 bits per heavy atom. The molecule has 0 radical (unpaired) electrons. The van der Waals surface area contributed by atoms with E-state index in [1.54, 1.807) is 0 Å². The summed E-state index contributed by atoms with van der Waals surface area (Å²) in [5.74, 6) is 0.620. The molecule has 0 aliphatic heterocycles. The molecular formula is C27H53NO3. The number of hydrogen-bond donors (Lipinski definition) is 1. The second-order valence-corrected chi connectivity index (χ2v) is 9.66. The van der Waals surface area contributed by atoms with Crippen LogP contribution in [-0.4, -0.2) is 31.4 Å². The quantitative estimate of drug-likeness (QED) is 0.181. The third-order valence-electron chi connectivity index (χ3n) is 6.70. The van der Waals surface area contributed by atoms with Crippen molar-refractivity contribution in [3.05, 3.63) is 0 Å². The first-order valence-corrected chi connectivity index (χ1v) is 13.3. The Balaban J connectivity index is 3.63. The first-order chi connectivity index (χ1) is 14.9. The first-order valence-electron chi connectivity index (χ1n) is 13.3. The van der Waals surface area contributed by atoms with Crippen LogP contribution in [0.15, 0.2) is 0 Å². The summed E-state index contributed by atoms with van der Waals surface area (Å²) in [6.07, 6.45) is 16.8. The molecule has 0 aromatic rings. The number of rotatable bonds is 22. The molecule has 1 N–H and O–H groups in total. The van der Waals surface area contributed by atoms with Crippen LogP contribution < -0.4 is 5.32 Å². The van der Waals surface area contributed by atoms with Gasteiger partial charge < -0.3 is 10.1 Å². The summed E-state index contributed by atoms with van der Waals surface area (Å²) < 4.78 is 5.55. The second-order valence-electron chi connectivity index (χ2n) is 9.66. The average Bonchev–Trinajstić information content (AvgIpc) is 2.77. The maximum Gasteiger partial charge on any atom is 0.225 e. The molecule has 2 unspecified atom stereocenters. The lowest BCUT2D eigenvalue weighted by Gasteiger charge is -2.27. The Morgan fingerprint density at radius 2 is 1.45 bits per heavy atom. The number of carbonyl (C=O) groups excluding carboxylic acids is 2. The zero-order valence-electron chi connectivity index (χ0n) is 21.5. The smallest absolute Gasteiger partial charge is 0.225 e. The van der Waals surface area contributed by atoms with Crippen LogP contribution in [0.2, 0.25) is 0 Å². The van der Waals surface area contributed by atoms with Crippen LogP contribution in [0.4, 0.5) is 0 Å². The normalized spacial score (nSPS) is 14.2. The Hall–Kier alpha value is -0.900. The van der Waals surface area contributed by atoms with Crippen molar-refractivity contribution < 1.29 is 14.3 Å². The van der Waals surface area contributed by atoms with Crippen molar-refractivity contribution in [2.45, 2.75) is 131 Å². The van der Waals surface area contributed by atoms with E-state index in [0.717, 1.165) is 70.8 Å².